The van der Waals surface area contributed by atoms with Crippen molar-refractivity contribution in [3.8, 4) is 0 Å². The SMILES string of the molecule is Cc1cc(C(=O)NCCC(N)CSCCCO)nc2c(C(C)(C)C)cc(NCC(F)(F)F)cc12. The fourth-order valence-corrected chi connectivity index (χ4v) is 4.40. The number of nitrogens with one attached hydrogen (secondary N) is 2. The molecule has 0 aliphatic carbocycles. The van der Waals surface area contributed by atoms with Crippen LogP contribution in [0.5, 0.6) is 0 Å². The van der Waals surface area contributed by atoms with E-state index in [4.69, 9.17) is 10.8 Å². The zero-order chi connectivity index (χ0) is 25.5. The molecule has 10 heteroatoms. The lowest BCUT2D eigenvalue weighted by molar-refractivity contribution is -0.115. The Hall–Kier alpha value is -2.04. The second kappa shape index (κ2) is 12.1. The van der Waals surface area contributed by atoms with Crippen molar-refractivity contribution >= 4 is 34.3 Å². The minimum Gasteiger partial charge on any atom is -0.396 e. The number of aryl methyl sites for hydroxylation is 1. The number of aromatic nitrogens is 1. The lowest BCUT2D eigenvalue weighted by Crippen LogP contribution is -2.32. The molecular formula is C24H35F3N4O2S. The van der Waals surface area contributed by atoms with Crippen molar-refractivity contribution in [1.82, 2.24) is 10.3 Å². The van der Waals surface area contributed by atoms with Gasteiger partial charge in [-0.2, -0.15) is 24.9 Å². The van der Waals surface area contributed by atoms with Crippen LogP contribution in [0.2, 0.25) is 0 Å². The van der Waals surface area contributed by atoms with Crippen LogP contribution in [0.25, 0.3) is 10.9 Å². The molecule has 0 fully saturated rings. The molecule has 0 saturated carbocycles. The third-order valence-corrected chi connectivity index (χ3v) is 6.47. The van der Waals surface area contributed by atoms with Gasteiger partial charge in [0.15, 0.2) is 0 Å². The Balaban J connectivity index is 2.19. The molecule has 0 spiro atoms. The Morgan fingerprint density at radius 2 is 1.94 bits per heavy atom. The van der Waals surface area contributed by atoms with Gasteiger partial charge in [0.05, 0.1) is 5.52 Å². The molecule has 1 heterocycles. The Morgan fingerprint density at radius 1 is 1.24 bits per heavy atom. The third kappa shape index (κ3) is 8.63. The van der Waals surface area contributed by atoms with Gasteiger partial charge in [0.1, 0.15) is 12.2 Å². The van der Waals surface area contributed by atoms with E-state index in [9.17, 15) is 18.0 Å². The van der Waals surface area contributed by atoms with Crippen LogP contribution < -0.4 is 16.4 Å². The number of carbonyl (C=O) groups is 1. The number of benzene rings is 1. The van der Waals surface area contributed by atoms with Crippen LogP contribution in [-0.4, -0.2) is 59.4 Å². The fourth-order valence-electron chi connectivity index (χ4n) is 3.43. The number of aliphatic hydroxyl groups is 1. The molecule has 1 aromatic carbocycles. The highest BCUT2D eigenvalue weighted by molar-refractivity contribution is 7.99. The number of aliphatic hydroxyl groups excluding tert-OH is 1. The Kier molecular flexibility index (Phi) is 10.0. The number of pyridine rings is 1. The van der Waals surface area contributed by atoms with E-state index >= 15 is 0 Å². The number of hydrogen-bond acceptors (Lipinski definition) is 6. The van der Waals surface area contributed by atoms with Crippen LogP contribution in [0.15, 0.2) is 18.2 Å². The molecule has 0 saturated heterocycles. The summed E-state index contributed by atoms with van der Waals surface area (Å²) >= 11 is 1.68. The van der Waals surface area contributed by atoms with Gasteiger partial charge >= 0.3 is 6.18 Å². The molecule has 6 nitrogen and oxygen atoms in total. The molecule has 5 N–H and O–H groups in total. The van der Waals surface area contributed by atoms with E-state index in [1.807, 2.05) is 27.7 Å². The van der Waals surface area contributed by atoms with E-state index in [2.05, 4.69) is 15.6 Å². The predicted molar refractivity (Wildman–Crippen MR) is 134 cm³/mol. The monoisotopic (exact) mass is 500 g/mol. The molecule has 1 aromatic heterocycles. The Bertz CT molecular complexity index is 977. The maximum absolute atomic E-state index is 12.8. The minimum absolute atomic E-state index is 0.0644. The number of nitrogens with two attached hydrogens (primary N) is 1. The van der Waals surface area contributed by atoms with Crippen LogP contribution in [0.4, 0.5) is 18.9 Å². The molecular weight excluding hydrogens is 465 g/mol. The highest BCUT2D eigenvalue weighted by atomic mass is 32.2. The van der Waals surface area contributed by atoms with Crippen molar-refractivity contribution in [3.05, 3.63) is 35.0 Å². The van der Waals surface area contributed by atoms with Crippen molar-refractivity contribution in [3.63, 3.8) is 0 Å². The fraction of sp³-hybridized carbons (Fsp3) is 0.583. The summed E-state index contributed by atoms with van der Waals surface area (Å²) in [5.74, 6) is 1.28. The molecule has 0 radical (unpaired) electrons. The van der Waals surface area contributed by atoms with E-state index in [1.165, 1.54) is 0 Å². The molecule has 190 valence electrons. The van der Waals surface area contributed by atoms with E-state index in [0.29, 0.717) is 29.6 Å². The van der Waals surface area contributed by atoms with Crippen LogP contribution in [0, 0.1) is 6.92 Å². The average molecular weight is 501 g/mol. The lowest BCUT2D eigenvalue weighted by atomic mass is 9.84. The highest BCUT2D eigenvalue weighted by Crippen LogP contribution is 2.34. The molecule has 34 heavy (non-hydrogen) atoms. The summed E-state index contributed by atoms with van der Waals surface area (Å²) in [6.07, 6.45) is -2.98. The number of anilines is 1. The molecule has 1 amide bonds. The van der Waals surface area contributed by atoms with Gasteiger partial charge in [0, 0.05) is 36.0 Å². The first-order valence-corrected chi connectivity index (χ1v) is 12.5. The van der Waals surface area contributed by atoms with Crippen molar-refractivity contribution < 1.29 is 23.1 Å². The van der Waals surface area contributed by atoms with Crippen LogP contribution >= 0.6 is 11.8 Å². The molecule has 0 aliphatic heterocycles. The summed E-state index contributed by atoms with van der Waals surface area (Å²) in [6, 6.07) is 4.91. The number of carbonyl (C=O) groups excluding carboxylic acids is 1. The number of amides is 1. The summed E-state index contributed by atoms with van der Waals surface area (Å²) in [4.78, 5) is 17.4. The number of hydrogen-bond donors (Lipinski definition) is 4. The van der Waals surface area contributed by atoms with Gasteiger partial charge in [-0.25, -0.2) is 4.98 Å². The normalized spacial score (nSPS) is 13.2. The smallest absolute Gasteiger partial charge is 0.396 e. The summed E-state index contributed by atoms with van der Waals surface area (Å²) in [5, 5.41) is 14.8. The molecule has 2 aromatic rings. The number of nitrogens with zero attached hydrogens (tertiary/aromatic N) is 1. The lowest BCUT2D eigenvalue weighted by Gasteiger charge is -2.23. The van der Waals surface area contributed by atoms with Gasteiger partial charge in [-0.05, 0) is 60.3 Å². The number of alkyl halides is 3. The summed E-state index contributed by atoms with van der Waals surface area (Å²) < 4.78 is 38.2. The third-order valence-electron chi connectivity index (χ3n) is 5.23. The first-order valence-electron chi connectivity index (χ1n) is 11.3. The van der Waals surface area contributed by atoms with Gasteiger partial charge < -0.3 is 21.5 Å². The summed E-state index contributed by atoms with van der Waals surface area (Å²) in [6.45, 7) is 7.14. The van der Waals surface area contributed by atoms with Crippen molar-refractivity contribution in [2.24, 2.45) is 5.73 Å². The standard InChI is InChI=1S/C24H35F3N4O2S/c1-15-10-20(22(33)29-7-6-16(28)13-34-9-5-8-32)31-21-18(15)11-17(30-14-24(25,26)27)12-19(21)23(2,3)4/h10-12,16,30,32H,5-9,13-14,28H2,1-4H3,(H,29,33). The van der Waals surface area contributed by atoms with Crippen molar-refractivity contribution in [1.29, 1.82) is 0 Å². The van der Waals surface area contributed by atoms with Gasteiger partial charge in [-0.15, -0.1) is 0 Å². The van der Waals surface area contributed by atoms with Gasteiger partial charge in [-0.1, -0.05) is 20.8 Å². The van der Waals surface area contributed by atoms with E-state index in [0.717, 1.165) is 29.1 Å². The van der Waals surface area contributed by atoms with E-state index in [1.54, 1.807) is 30.0 Å². The van der Waals surface area contributed by atoms with Crippen molar-refractivity contribution in [2.75, 3.05) is 36.5 Å². The van der Waals surface area contributed by atoms with Gasteiger partial charge in [0.25, 0.3) is 5.91 Å². The maximum atomic E-state index is 12.8. The molecule has 1 unspecified atom stereocenters. The minimum atomic E-state index is -4.33. The van der Waals surface area contributed by atoms with Crippen LogP contribution in [-0.2, 0) is 5.41 Å². The zero-order valence-corrected chi connectivity index (χ0v) is 21.0. The quantitative estimate of drug-likeness (QED) is 0.342. The largest absolute Gasteiger partial charge is 0.405 e. The second-order valence-electron chi connectivity index (χ2n) is 9.42. The Labute approximate surface area is 203 Å². The molecule has 2 rings (SSSR count). The van der Waals surface area contributed by atoms with Crippen LogP contribution in [0.1, 0.15) is 55.2 Å². The predicted octanol–water partition coefficient (Wildman–Crippen LogP) is 4.38. The number of fused-ring (bicyclic) bond motifs is 1. The van der Waals surface area contributed by atoms with E-state index in [-0.39, 0.29) is 24.2 Å². The number of rotatable bonds is 11. The second-order valence-corrected chi connectivity index (χ2v) is 10.6. The zero-order valence-electron chi connectivity index (χ0n) is 20.2. The van der Waals surface area contributed by atoms with Crippen molar-refractivity contribution in [2.45, 2.75) is 58.2 Å². The molecule has 0 aliphatic rings. The number of halogens is 3. The van der Waals surface area contributed by atoms with Crippen LogP contribution in [0.3, 0.4) is 0 Å². The summed E-state index contributed by atoms with van der Waals surface area (Å²) in [7, 11) is 0. The van der Waals surface area contributed by atoms with Gasteiger partial charge in [0.2, 0.25) is 0 Å². The highest BCUT2D eigenvalue weighted by Gasteiger charge is 2.27. The van der Waals surface area contributed by atoms with E-state index < -0.39 is 18.1 Å². The summed E-state index contributed by atoms with van der Waals surface area (Å²) in [5.41, 5.74) is 8.43. The van der Waals surface area contributed by atoms with Gasteiger partial charge in [-0.3, -0.25) is 4.79 Å². The first-order chi connectivity index (χ1) is 15.8. The molecule has 1 atom stereocenters. The molecule has 0 bridgehead atoms. The first kappa shape index (κ1) is 28.2. The number of thioether (sulfide) groups is 1. The topological polar surface area (TPSA) is 100 Å². The maximum Gasteiger partial charge on any atom is 0.405 e. The average Bonchev–Trinajstić information content (AvgIpc) is 2.73. The Morgan fingerprint density at radius 3 is 2.56 bits per heavy atom.